The van der Waals surface area contributed by atoms with Crippen molar-refractivity contribution in [1.82, 2.24) is 9.88 Å². The number of alkyl halides is 6. The number of pyridine rings is 1. The number of amides is 1. The fourth-order valence-corrected chi connectivity index (χ4v) is 4.71. The van der Waals surface area contributed by atoms with Crippen molar-refractivity contribution >= 4 is 33.6 Å². The van der Waals surface area contributed by atoms with Gasteiger partial charge in [0.1, 0.15) is 11.3 Å². The molecule has 2 fully saturated rings. The average Bonchev–Trinajstić information content (AvgIpc) is 3.23. The largest absolute Gasteiger partial charge is 0.439 e. The molecule has 1 aromatic carbocycles. The minimum atomic E-state index is -4.99. The summed E-state index contributed by atoms with van der Waals surface area (Å²) in [5.74, 6) is 0. The Bertz CT molecular complexity index is 1010. The van der Waals surface area contributed by atoms with Crippen molar-refractivity contribution in [1.29, 1.82) is 0 Å². The highest BCUT2D eigenvalue weighted by atomic mass is 79.9. The predicted octanol–water partition coefficient (Wildman–Crippen LogP) is 6.93. The normalized spacial score (nSPS) is 23.8. The van der Waals surface area contributed by atoms with Crippen LogP contribution in [-0.4, -0.2) is 22.0 Å². The molecule has 0 saturated carbocycles. The zero-order chi connectivity index (χ0) is 22.7. The van der Waals surface area contributed by atoms with Gasteiger partial charge in [0.25, 0.3) is 0 Å². The Morgan fingerprint density at radius 2 is 1.65 bits per heavy atom. The van der Waals surface area contributed by atoms with Gasteiger partial charge in [-0.2, -0.15) is 26.3 Å². The lowest BCUT2D eigenvalue weighted by Crippen LogP contribution is -2.30. The van der Waals surface area contributed by atoms with Crippen molar-refractivity contribution in [3.63, 3.8) is 0 Å². The van der Waals surface area contributed by atoms with Crippen LogP contribution in [0.5, 0.6) is 0 Å². The van der Waals surface area contributed by atoms with E-state index in [0.717, 1.165) is 0 Å². The molecule has 4 nitrogen and oxygen atoms in total. The van der Waals surface area contributed by atoms with Gasteiger partial charge >= 0.3 is 18.4 Å². The Morgan fingerprint density at radius 3 is 2.23 bits per heavy atom. The Hall–Kier alpha value is -2.01. The number of hydrogen-bond acceptors (Lipinski definition) is 3. The van der Waals surface area contributed by atoms with Gasteiger partial charge in [-0.3, -0.25) is 4.90 Å². The van der Waals surface area contributed by atoms with E-state index in [-0.39, 0.29) is 16.8 Å². The third-order valence-electron chi connectivity index (χ3n) is 5.37. The molecule has 0 aliphatic carbocycles. The van der Waals surface area contributed by atoms with Gasteiger partial charge in [0.05, 0.1) is 23.2 Å². The van der Waals surface area contributed by atoms with E-state index in [4.69, 9.17) is 16.3 Å². The Balaban J connectivity index is 1.73. The van der Waals surface area contributed by atoms with Crippen molar-refractivity contribution in [2.45, 2.75) is 43.4 Å². The van der Waals surface area contributed by atoms with Crippen LogP contribution in [0.1, 0.15) is 47.2 Å². The van der Waals surface area contributed by atoms with Crippen LogP contribution in [0.3, 0.4) is 0 Å². The molecule has 2 aliphatic rings. The monoisotopic (exact) mass is 528 g/mol. The highest BCUT2D eigenvalue weighted by Gasteiger charge is 2.51. The molecule has 31 heavy (non-hydrogen) atoms. The standard InChI is InChI=1S/C19H12BrClF6N2O2/c20-12-7-28-15(21)6-11(12)13-1-2-14-16(31-17(30)29(13)14)8-3-9(18(22,23)24)5-10(4-8)19(25,26)27/h3-7,13-14,16H,1-2H2/t13-,14-,16+/m0/s1. The van der Waals surface area contributed by atoms with Gasteiger partial charge < -0.3 is 4.74 Å². The number of rotatable bonds is 2. The average molecular weight is 530 g/mol. The number of hydrogen-bond donors (Lipinski definition) is 0. The second kappa shape index (κ2) is 7.54. The summed E-state index contributed by atoms with van der Waals surface area (Å²) < 4.78 is 85.2. The summed E-state index contributed by atoms with van der Waals surface area (Å²) in [6.07, 6.45) is -9.86. The maximum atomic E-state index is 13.2. The number of benzene rings is 1. The molecule has 0 bridgehead atoms. The number of aromatic nitrogens is 1. The molecule has 3 atom stereocenters. The third kappa shape index (κ3) is 4.09. The van der Waals surface area contributed by atoms with E-state index in [1.807, 2.05) is 0 Å². The Kier molecular flexibility index (Phi) is 5.40. The van der Waals surface area contributed by atoms with E-state index in [9.17, 15) is 31.1 Å². The summed E-state index contributed by atoms with van der Waals surface area (Å²) in [5.41, 5.74) is -2.63. The molecule has 0 N–H and O–H groups in total. The first kappa shape index (κ1) is 22.2. The summed E-state index contributed by atoms with van der Waals surface area (Å²) in [7, 11) is 0. The van der Waals surface area contributed by atoms with Crippen molar-refractivity contribution in [3.05, 3.63) is 62.3 Å². The van der Waals surface area contributed by atoms with Gasteiger partial charge in [-0.05, 0) is 64.2 Å². The van der Waals surface area contributed by atoms with E-state index in [1.165, 1.54) is 11.1 Å². The van der Waals surface area contributed by atoms with Crippen LogP contribution in [0.4, 0.5) is 31.1 Å². The highest BCUT2D eigenvalue weighted by Crippen LogP contribution is 2.49. The van der Waals surface area contributed by atoms with Gasteiger partial charge in [0.2, 0.25) is 0 Å². The molecule has 4 rings (SSSR count). The van der Waals surface area contributed by atoms with Gasteiger partial charge in [-0.1, -0.05) is 11.6 Å². The second-order valence-electron chi connectivity index (χ2n) is 7.24. The summed E-state index contributed by atoms with van der Waals surface area (Å²) in [6, 6.07) is 1.56. The first-order chi connectivity index (χ1) is 14.4. The van der Waals surface area contributed by atoms with Crippen LogP contribution in [-0.2, 0) is 17.1 Å². The minimum absolute atomic E-state index is 0.0472. The van der Waals surface area contributed by atoms with Crippen LogP contribution in [0.25, 0.3) is 0 Å². The number of carbonyl (C=O) groups excluding carboxylic acids is 1. The number of halogens is 8. The van der Waals surface area contributed by atoms with Gasteiger partial charge in [-0.15, -0.1) is 0 Å². The molecule has 166 valence electrons. The Morgan fingerprint density at radius 1 is 1.03 bits per heavy atom. The number of cyclic esters (lactones) is 1. The van der Waals surface area contributed by atoms with Crippen LogP contribution < -0.4 is 0 Å². The number of fused-ring (bicyclic) bond motifs is 1. The third-order valence-corrected chi connectivity index (χ3v) is 6.24. The molecule has 0 spiro atoms. The quantitative estimate of drug-likeness (QED) is 0.313. The molecular formula is C19H12BrClF6N2O2. The second-order valence-corrected chi connectivity index (χ2v) is 8.48. The molecule has 2 aliphatic heterocycles. The van der Waals surface area contributed by atoms with Crippen molar-refractivity contribution in [2.75, 3.05) is 0 Å². The first-order valence-electron chi connectivity index (χ1n) is 8.95. The number of nitrogens with zero attached hydrogens (tertiary/aromatic N) is 2. The fourth-order valence-electron chi connectivity index (χ4n) is 4.07. The molecule has 1 amide bonds. The lowest BCUT2D eigenvalue weighted by atomic mass is 9.96. The van der Waals surface area contributed by atoms with E-state index in [2.05, 4.69) is 20.9 Å². The van der Waals surface area contributed by atoms with E-state index >= 15 is 0 Å². The van der Waals surface area contributed by atoms with Crippen LogP contribution in [0.15, 0.2) is 34.9 Å². The maximum absolute atomic E-state index is 13.2. The summed E-state index contributed by atoms with van der Waals surface area (Å²) in [4.78, 5) is 17.8. The van der Waals surface area contributed by atoms with Crippen molar-refractivity contribution in [3.8, 4) is 0 Å². The van der Waals surface area contributed by atoms with Crippen LogP contribution in [0.2, 0.25) is 5.15 Å². The number of ether oxygens (including phenoxy) is 1. The molecular weight excluding hydrogens is 518 g/mol. The maximum Gasteiger partial charge on any atom is 0.416 e. The zero-order valence-corrected chi connectivity index (χ0v) is 17.6. The van der Waals surface area contributed by atoms with Crippen LogP contribution in [0, 0.1) is 0 Å². The lowest BCUT2D eigenvalue weighted by Gasteiger charge is -2.24. The summed E-state index contributed by atoms with van der Waals surface area (Å²) in [6.45, 7) is 0. The molecule has 0 radical (unpaired) electrons. The fraction of sp³-hybridized carbons (Fsp3) is 0.368. The topological polar surface area (TPSA) is 42.4 Å². The minimum Gasteiger partial charge on any atom is -0.439 e. The molecule has 2 saturated heterocycles. The molecule has 2 aromatic rings. The summed E-state index contributed by atoms with van der Waals surface area (Å²) in [5, 5.41) is 0.179. The first-order valence-corrected chi connectivity index (χ1v) is 10.1. The predicted molar refractivity (Wildman–Crippen MR) is 100 cm³/mol. The molecule has 3 heterocycles. The van der Waals surface area contributed by atoms with Crippen molar-refractivity contribution < 1.29 is 35.9 Å². The molecule has 0 unspecified atom stereocenters. The highest BCUT2D eigenvalue weighted by molar-refractivity contribution is 9.10. The Labute approximate surface area is 185 Å². The smallest absolute Gasteiger partial charge is 0.416 e. The molecule has 1 aromatic heterocycles. The van der Waals surface area contributed by atoms with E-state index < -0.39 is 47.8 Å². The molecule has 12 heteroatoms. The lowest BCUT2D eigenvalue weighted by molar-refractivity contribution is -0.143. The van der Waals surface area contributed by atoms with E-state index in [0.29, 0.717) is 35.0 Å². The van der Waals surface area contributed by atoms with Gasteiger partial charge in [0, 0.05) is 10.7 Å². The zero-order valence-electron chi connectivity index (χ0n) is 15.3. The number of carbonyl (C=O) groups is 1. The van der Waals surface area contributed by atoms with Gasteiger partial charge in [-0.25, -0.2) is 9.78 Å². The van der Waals surface area contributed by atoms with Crippen molar-refractivity contribution in [2.24, 2.45) is 0 Å². The van der Waals surface area contributed by atoms with Crippen LogP contribution >= 0.6 is 27.5 Å². The van der Waals surface area contributed by atoms with Gasteiger partial charge in [0.15, 0.2) is 0 Å². The SMILES string of the molecule is O=C1O[C@H](c2cc(C(F)(F)F)cc(C(F)(F)F)c2)[C@@H]2CC[C@@H](c3cc(Cl)ncc3Br)N12. The van der Waals surface area contributed by atoms with E-state index in [1.54, 1.807) is 6.07 Å². The summed E-state index contributed by atoms with van der Waals surface area (Å²) >= 11 is 9.27.